The molecule has 2 aromatic rings. The van der Waals surface area contributed by atoms with Crippen molar-refractivity contribution in [2.24, 2.45) is 13.0 Å². The van der Waals surface area contributed by atoms with E-state index in [0.29, 0.717) is 24.3 Å². The third-order valence-electron chi connectivity index (χ3n) is 6.40. The van der Waals surface area contributed by atoms with Crippen LogP contribution in [0.1, 0.15) is 41.9 Å². The van der Waals surface area contributed by atoms with E-state index in [4.69, 9.17) is 0 Å². The summed E-state index contributed by atoms with van der Waals surface area (Å²) in [7, 11) is 1.91. The number of benzene rings is 1. The van der Waals surface area contributed by atoms with E-state index in [0.717, 1.165) is 44.5 Å². The minimum Gasteiger partial charge on any atom is -0.343 e. The molecule has 2 N–H and O–H groups in total. The lowest BCUT2D eigenvalue weighted by molar-refractivity contribution is -0.132. The molecule has 3 heterocycles. The first-order chi connectivity index (χ1) is 13.6. The highest BCUT2D eigenvalue weighted by atomic mass is 16.2. The molecule has 28 heavy (non-hydrogen) atoms. The van der Waals surface area contributed by atoms with Crippen molar-refractivity contribution in [1.29, 1.82) is 0 Å². The molecular formula is C22H31N5O. The Balaban J connectivity index is 1.31. The predicted molar refractivity (Wildman–Crippen MR) is 110 cm³/mol. The molecule has 1 amide bonds. The van der Waals surface area contributed by atoms with Gasteiger partial charge in [-0.25, -0.2) is 0 Å². The Kier molecular flexibility index (Phi) is 5.78. The van der Waals surface area contributed by atoms with Crippen LogP contribution in [0.15, 0.2) is 36.7 Å². The zero-order valence-corrected chi connectivity index (χ0v) is 16.9. The lowest BCUT2D eigenvalue weighted by Crippen LogP contribution is -2.45. The van der Waals surface area contributed by atoms with Gasteiger partial charge in [-0.2, -0.15) is 5.10 Å². The van der Waals surface area contributed by atoms with E-state index in [1.54, 1.807) is 4.68 Å². The first kappa shape index (κ1) is 19.2. The molecule has 2 saturated heterocycles. The maximum atomic E-state index is 12.6. The number of rotatable bonds is 5. The smallest absolute Gasteiger partial charge is 0.222 e. The van der Waals surface area contributed by atoms with Gasteiger partial charge in [0.15, 0.2) is 0 Å². The van der Waals surface area contributed by atoms with Crippen molar-refractivity contribution in [2.45, 2.75) is 44.6 Å². The Morgan fingerprint density at radius 3 is 2.75 bits per heavy atom. The van der Waals surface area contributed by atoms with Crippen LogP contribution in [0.25, 0.3) is 0 Å². The molecule has 1 aromatic carbocycles. The molecule has 6 nitrogen and oxygen atoms in total. The van der Waals surface area contributed by atoms with E-state index in [1.165, 1.54) is 11.1 Å². The van der Waals surface area contributed by atoms with Crippen molar-refractivity contribution in [3.8, 4) is 0 Å². The fraction of sp³-hybridized carbons (Fsp3) is 0.545. The number of hydrogen-bond acceptors (Lipinski definition) is 4. The Morgan fingerprint density at radius 2 is 2.04 bits per heavy atom. The van der Waals surface area contributed by atoms with Crippen molar-refractivity contribution in [1.82, 2.24) is 25.5 Å². The molecular weight excluding hydrogens is 350 g/mol. The average Bonchev–Trinajstić information content (AvgIpc) is 3.36. The highest BCUT2D eigenvalue weighted by Gasteiger charge is 2.37. The van der Waals surface area contributed by atoms with E-state index in [9.17, 15) is 4.79 Å². The zero-order chi connectivity index (χ0) is 19.5. The summed E-state index contributed by atoms with van der Waals surface area (Å²) in [4.78, 5) is 14.7. The van der Waals surface area contributed by atoms with Gasteiger partial charge in [0.25, 0.3) is 0 Å². The number of likely N-dealkylation sites (tertiary alicyclic amines) is 1. The van der Waals surface area contributed by atoms with Crippen LogP contribution in [0.3, 0.4) is 0 Å². The quantitative estimate of drug-likeness (QED) is 0.833. The fourth-order valence-corrected chi connectivity index (χ4v) is 4.79. The van der Waals surface area contributed by atoms with Crippen LogP contribution in [-0.4, -0.2) is 46.3 Å². The minimum atomic E-state index is 0.273. The van der Waals surface area contributed by atoms with Crippen LogP contribution >= 0.6 is 0 Å². The molecule has 2 unspecified atom stereocenters. The number of carbonyl (C=O) groups excluding carboxylic acids is 1. The van der Waals surface area contributed by atoms with Crippen LogP contribution in [0.4, 0.5) is 0 Å². The second kappa shape index (κ2) is 8.45. The number of hydrogen-bond donors (Lipinski definition) is 2. The normalized spacial score (nSPS) is 23.3. The molecule has 0 aliphatic carbocycles. The van der Waals surface area contributed by atoms with Crippen molar-refractivity contribution < 1.29 is 4.79 Å². The maximum absolute atomic E-state index is 12.6. The molecule has 2 aliphatic heterocycles. The van der Waals surface area contributed by atoms with Crippen molar-refractivity contribution in [3.05, 3.63) is 53.3 Å². The molecule has 0 bridgehead atoms. The van der Waals surface area contributed by atoms with Crippen molar-refractivity contribution in [3.63, 3.8) is 0 Å². The van der Waals surface area contributed by atoms with Crippen LogP contribution in [-0.2, 0) is 18.3 Å². The molecule has 1 aromatic heterocycles. The van der Waals surface area contributed by atoms with Gasteiger partial charge in [0.2, 0.25) is 5.91 Å². The Labute approximate surface area is 167 Å². The third-order valence-corrected chi connectivity index (χ3v) is 6.40. The summed E-state index contributed by atoms with van der Waals surface area (Å²) < 4.78 is 1.79. The molecule has 150 valence electrons. The Morgan fingerprint density at radius 1 is 1.25 bits per heavy atom. The maximum Gasteiger partial charge on any atom is 0.222 e. The van der Waals surface area contributed by atoms with Gasteiger partial charge in [0.05, 0.1) is 6.20 Å². The number of nitrogens with zero attached hydrogens (tertiary/aromatic N) is 3. The van der Waals surface area contributed by atoms with E-state index in [1.807, 2.05) is 19.4 Å². The van der Waals surface area contributed by atoms with Crippen LogP contribution in [0.2, 0.25) is 0 Å². The minimum absolute atomic E-state index is 0.273. The monoisotopic (exact) mass is 381 g/mol. The Hall–Kier alpha value is -2.18. The van der Waals surface area contributed by atoms with E-state index in [2.05, 4.69) is 52.0 Å². The molecule has 0 spiro atoms. The highest BCUT2D eigenvalue weighted by Crippen LogP contribution is 2.33. The molecule has 2 aliphatic rings. The molecule has 2 atom stereocenters. The molecule has 0 radical (unpaired) electrons. The second-order valence-electron chi connectivity index (χ2n) is 8.25. The van der Waals surface area contributed by atoms with Gasteiger partial charge >= 0.3 is 0 Å². The van der Waals surface area contributed by atoms with Gasteiger partial charge < -0.3 is 4.90 Å². The number of hydrazine groups is 1. The number of aryl methyl sites for hydroxylation is 3. The predicted octanol–water partition coefficient (Wildman–Crippen LogP) is 2.16. The van der Waals surface area contributed by atoms with Crippen molar-refractivity contribution >= 4 is 5.91 Å². The van der Waals surface area contributed by atoms with Gasteiger partial charge in [-0.15, -0.1) is 0 Å². The fourth-order valence-electron chi connectivity index (χ4n) is 4.79. The molecule has 0 saturated carbocycles. The topological polar surface area (TPSA) is 62.2 Å². The number of aromatic nitrogens is 2. The number of nitrogens with one attached hydrogen (secondary N) is 2. The summed E-state index contributed by atoms with van der Waals surface area (Å²) >= 11 is 0. The summed E-state index contributed by atoms with van der Waals surface area (Å²) in [5, 5.41) is 4.18. The summed E-state index contributed by atoms with van der Waals surface area (Å²) in [6.45, 7) is 4.92. The second-order valence-corrected chi connectivity index (χ2v) is 8.25. The molecule has 4 rings (SSSR count). The zero-order valence-electron chi connectivity index (χ0n) is 16.9. The molecule has 2 fully saturated rings. The van der Waals surface area contributed by atoms with Gasteiger partial charge in [-0.3, -0.25) is 20.3 Å². The molecule has 6 heteroatoms. The number of piperidine rings is 1. The van der Waals surface area contributed by atoms with Gasteiger partial charge in [-0.1, -0.05) is 24.3 Å². The van der Waals surface area contributed by atoms with Gasteiger partial charge in [0.1, 0.15) is 0 Å². The van der Waals surface area contributed by atoms with Crippen LogP contribution < -0.4 is 10.9 Å². The summed E-state index contributed by atoms with van der Waals surface area (Å²) in [5.74, 6) is 1.37. The summed E-state index contributed by atoms with van der Waals surface area (Å²) in [5.41, 5.74) is 10.9. The summed E-state index contributed by atoms with van der Waals surface area (Å²) in [6, 6.07) is 9.15. The SMILES string of the molecule is Cc1ccccc1C1CNNC1C1CCN(C(=O)CCc2cnn(C)c2)CC1. The average molecular weight is 382 g/mol. The first-order valence-electron chi connectivity index (χ1n) is 10.4. The highest BCUT2D eigenvalue weighted by molar-refractivity contribution is 5.76. The summed E-state index contributed by atoms with van der Waals surface area (Å²) in [6.07, 6.45) is 7.33. The van der Waals surface area contributed by atoms with E-state index >= 15 is 0 Å². The van der Waals surface area contributed by atoms with Gasteiger partial charge in [0, 0.05) is 51.3 Å². The lowest BCUT2D eigenvalue weighted by atomic mass is 9.79. The standard InChI is InChI=1S/C22H31N5O/c1-16-5-3-4-6-19(16)20-14-23-25-22(20)18-9-11-27(12-10-18)21(28)8-7-17-13-24-26(2)15-17/h3-6,13,15,18,20,22-23,25H,7-12,14H2,1-2H3. The van der Waals surface area contributed by atoms with Crippen molar-refractivity contribution in [2.75, 3.05) is 19.6 Å². The number of carbonyl (C=O) groups is 1. The Bertz CT molecular complexity index is 809. The van der Waals surface area contributed by atoms with Gasteiger partial charge in [-0.05, 0) is 48.8 Å². The van der Waals surface area contributed by atoms with Crippen LogP contribution in [0.5, 0.6) is 0 Å². The third kappa shape index (κ3) is 4.13. The number of amides is 1. The van der Waals surface area contributed by atoms with E-state index in [-0.39, 0.29) is 5.91 Å². The largest absolute Gasteiger partial charge is 0.343 e. The first-order valence-corrected chi connectivity index (χ1v) is 10.4. The lowest BCUT2D eigenvalue weighted by Gasteiger charge is -2.37. The van der Waals surface area contributed by atoms with Crippen LogP contribution in [0, 0.1) is 12.8 Å². The van der Waals surface area contributed by atoms with E-state index < -0.39 is 0 Å².